The van der Waals surface area contributed by atoms with Gasteiger partial charge in [0.25, 0.3) is 0 Å². The number of aliphatic imine (C=N–C) groups is 1. The summed E-state index contributed by atoms with van der Waals surface area (Å²) in [6.07, 6.45) is 3.82. The molecule has 1 aliphatic heterocycles. The van der Waals surface area contributed by atoms with Crippen LogP contribution >= 0.6 is 24.0 Å². The SMILES string of the molecule is CCNC(=NCc1ccc(N2CCOC(C)C2)nc1)NCc1ccco1.I. The lowest BCUT2D eigenvalue weighted by atomic mass is 10.2. The number of guanidine groups is 1. The van der Waals surface area contributed by atoms with Gasteiger partial charge in [-0.15, -0.1) is 24.0 Å². The zero-order valence-corrected chi connectivity index (χ0v) is 18.2. The third kappa shape index (κ3) is 6.69. The van der Waals surface area contributed by atoms with E-state index in [-0.39, 0.29) is 30.1 Å². The number of aromatic nitrogens is 1. The molecule has 27 heavy (non-hydrogen) atoms. The molecule has 0 bridgehead atoms. The van der Waals surface area contributed by atoms with Crippen LogP contribution in [0.5, 0.6) is 0 Å². The van der Waals surface area contributed by atoms with Gasteiger partial charge in [-0.2, -0.15) is 0 Å². The van der Waals surface area contributed by atoms with E-state index in [4.69, 9.17) is 9.15 Å². The van der Waals surface area contributed by atoms with Crippen molar-refractivity contribution >= 4 is 35.8 Å². The second-order valence-corrected chi connectivity index (χ2v) is 6.28. The highest BCUT2D eigenvalue weighted by Gasteiger charge is 2.17. The summed E-state index contributed by atoms with van der Waals surface area (Å²) >= 11 is 0. The van der Waals surface area contributed by atoms with E-state index in [1.807, 2.05) is 25.3 Å². The fourth-order valence-corrected chi connectivity index (χ4v) is 2.82. The molecule has 1 unspecified atom stereocenters. The number of ether oxygens (including phenoxy) is 1. The largest absolute Gasteiger partial charge is 0.467 e. The van der Waals surface area contributed by atoms with Gasteiger partial charge in [0, 0.05) is 25.8 Å². The number of hydrogen-bond acceptors (Lipinski definition) is 5. The predicted molar refractivity (Wildman–Crippen MR) is 118 cm³/mol. The Kier molecular flexibility index (Phi) is 8.86. The molecule has 148 valence electrons. The van der Waals surface area contributed by atoms with E-state index < -0.39 is 0 Å². The molecular formula is C19H28IN5O2. The molecule has 8 heteroatoms. The molecule has 2 N–H and O–H groups in total. The number of nitrogens with one attached hydrogen (secondary N) is 2. The molecule has 1 atom stereocenters. The Hall–Kier alpha value is -1.81. The predicted octanol–water partition coefficient (Wildman–Crippen LogP) is 2.77. The lowest BCUT2D eigenvalue weighted by molar-refractivity contribution is 0.0529. The summed E-state index contributed by atoms with van der Waals surface area (Å²) in [5.74, 6) is 2.63. The molecule has 0 radical (unpaired) electrons. The second kappa shape index (κ2) is 11.1. The van der Waals surface area contributed by atoms with Gasteiger partial charge in [-0.25, -0.2) is 9.98 Å². The van der Waals surface area contributed by atoms with E-state index in [9.17, 15) is 0 Å². The number of rotatable bonds is 6. The molecular weight excluding hydrogens is 457 g/mol. The van der Waals surface area contributed by atoms with Crippen LogP contribution < -0.4 is 15.5 Å². The number of halogens is 1. The summed E-state index contributed by atoms with van der Waals surface area (Å²) in [5.41, 5.74) is 1.07. The van der Waals surface area contributed by atoms with Crippen LogP contribution in [0, 0.1) is 0 Å². The molecule has 2 aromatic rings. The molecule has 3 heterocycles. The summed E-state index contributed by atoms with van der Waals surface area (Å²) in [4.78, 5) is 11.5. The lowest BCUT2D eigenvalue weighted by Gasteiger charge is -2.32. The normalized spacial score (nSPS) is 17.3. The minimum absolute atomic E-state index is 0. The standard InChI is InChI=1S/C19H27N5O2.HI/c1-3-20-19(23-13-17-5-4-9-26-17)22-12-16-6-7-18(21-11-16)24-8-10-25-15(2)14-24;/h4-7,9,11,15H,3,8,10,12-14H2,1-2H3,(H2,20,22,23);1H. The summed E-state index contributed by atoms with van der Waals surface area (Å²) in [6, 6.07) is 7.96. The quantitative estimate of drug-likeness (QED) is 0.373. The fourth-order valence-electron chi connectivity index (χ4n) is 2.82. The van der Waals surface area contributed by atoms with Crippen molar-refractivity contribution in [2.45, 2.75) is 33.0 Å². The van der Waals surface area contributed by atoms with Gasteiger partial charge in [-0.1, -0.05) is 6.07 Å². The van der Waals surface area contributed by atoms with Crippen LogP contribution in [0.25, 0.3) is 0 Å². The molecule has 0 aliphatic carbocycles. The fraction of sp³-hybridized carbons (Fsp3) is 0.474. The number of anilines is 1. The number of pyridine rings is 1. The maximum atomic E-state index is 5.58. The molecule has 1 aliphatic rings. The summed E-state index contributed by atoms with van der Waals surface area (Å²) in [5, 5.41) is 6.50. The number of nitrogens with zero attached hydrogens (tertiary/aromatic N) is 3. The van der Waals surface area contributed by atoms with Gasteiger partial charge in [-0.05, 0) is 37.6 Å². The number of furan rings is 1. The first-order valence-corrected chi connectivity index (χ1v) is 9.10. The maximum absolute atomic E-state index is 5.58. The van der Waals surface area contributed by atoms with Gasteiger partial charge >= 0.3 is 0 Å². The molecule has 0 spiro atoms. The molecule has 0 aromatic carbocycles. The van der Waals surface area contributed by atoms with Crippen molar-refractivity contribution in [2.24, 2.45) is 4.99 Å². The highest BCUT2D eigenvalue weighted by molar-refractivity contribution is 14.0. The van der Waals surface area contributed by atoms with Gasteiger partial charge < -0.3 is 24.7 Å². The first-order chi connectivity index (χ1) is 12.7. The second-order valence-electron chi connectivity index (χ2n) is 6.28. The average Bonchev–Trinajstić information content (AvgIpc) is 3.18. The average molecular weight is 485 g/mol. The minimum Gasteiger partial charge on any atom is -0.467 e. The van der Waals surface area contributed by atoms with Gasteiger partial charge in [-0.3, -0.25) is 0 Å². The molecule has 3 rings (SSSR count). The molecule has 0 saturated carbocycles. The van der Waals surface area contributed by atoms with E-state index in [0.29, 0.717) is 13.1 Å². The van der Waals surface area contributed by atoms with Crippen LogP contribution in [0.1, 0.15) is 25.2 Å². The first-order valence-electron chi connectivity index (χ1n) is 9.10. The van der Waals surface area contributed by atoms with Gasteiger partial charge in [0.1, 0.15) is 11.6 Å². The maximum Gasteiger partial charge on any atom is 0.191 e. The number of morpholine rings is 1. The molecule has 2 aromatic heterocycles. The van der Waals surface area contributed by atoms with Crippen LogP contribution in [-0.2, 0) is 17.8 Å². The van der Waals surface area contributed by atoms with E-state index in [1.54, 1.807) is 6.26 Å². The smallest absolute Gasteiger partial charge is 0.191 e. The van der Waals surface area contributed by atoms with Gasteiger partial charge in [0.2, 0.25) is 0 Å². The monoisotopic (exact) mass is 485 g/mol. The van der Waals surface area contributed by atoms with Crippen LogP contribution in [0.4, 0.5) is 5.82 Å². The topological polar surface area (TPSA) is 74.9 Å². The van der Waals surface area contributed by atoms with Crippen LogP contribution in [-0.4, -0.2) is 43.3 Å². The van der Waals surface area contributed by atoms with Crippen molar-refractivity contribution in [3.63, 3.8) is 0 Å². The Morgan fingerprint density at radius 2 is 2.22 bits per heavy atom. The van der Waals surface area contributed by atoms with E-state index in [0.717, 1.165) is 49.3 Å². The van der Waals surface area contributed by atoms with E-state index in [1.165, 1.54) is 0 Å². The van der Waals surface area contributed by atoms with Crippen LogP contribution in [0.2, 0.25) is 0 Å². The van der Waals surface area contributed by atoms with Crippen molar-refractivity contribution in [3.8, 4) is 0 Å². The highest BCUT2D eigenvalue weighted by atomic mass is 127. The van der Waals surface area contributed by atoms with Crippen molar-refractivity contribution in [1.29, 1.82) is 0 Å². The minimum atomic E-state index is 0. The Morgan fingerprint density at radius 3 is 2.89 bits per heavy atom. The molecule has 0 amide bonds. The van der Waals surface area contributed by atoms with E-state index in [2.05, 4.69) is 44.6 Å². The lowest BCUT2D eigenvalue weighted by Crippen LogP contribution is -2.41. The Morgan fingerprint density at radius 1 is 1.33 bits per heavy atom. The zero-order valence-electron chi connectivity index (χ0n) is 15.9. The van der Waals surface area contributed by atoms with Crippen LogP contribution in [0.15, 0.2) is 46.1 Å². The van der Waals surface area contributed by atoms with Crippen molar-refractivity contribution in [1.82, 2.24) is 15.6 Å². The molecule has 1 fully saturated rings. The van der Waals surface area contributed by atoms with Crippen molar-refractivity contribution in [2.75, 3.05) is 31.1 Å². The third-order valence-corrected chi connectivity index (χ3v) is 4.15. The Balaban J connectivity index is 0.00000261. The van der Waals surface area contributed by atoms with E-state index >= 15 is 0 Å². The van der Waals surface area contributed by atoms with Gasteiger partial charge in [0.15, 0.2) is 5.96 Å². The molecule has 1 saturated heterocycles. The third-order valence-electron chi connectivity index (χ3n) is 4.15. The van der Waals surface area contributed by atoms with Gasteiger partial charge in [0.05, 0.1) is 32.1 Å². The van der Waals surface area contributed by atoms with Crippen LogP contribution in [0.3, 0.4) is 0 Å². The number of hydrogen-bond donors (Lipinski definition) is 2. The summed E-state index contributed by atoms with van der Waals surface area (Å²) in [7, 11) is 0. The first kappa shape index (κ1) is 21.5. The summed E-state index contributed by atoms with van der Waals surface area (Å²) in [6.45, 7) is 8.63. The summed E-state index contributed by atoms with van der Waals surface area (Å²) < 4.78 is 10.9. The Labute approximate surface area is 177 Å². The van der Waals surface area contributed by atoms with Crippen molar-refractivity contribution in [3.05, 3.63) is 48.0 Å². The Bertz CT molecular complexity index is 691. The highest BCUT2D eigenvalue weighted by Crippen LogP contribution is 2.15. The molecule has 7 nitrogen and oxygen atoms in total. The zero-order chi connectivity index (χ0) is 18.2. The van der Waals surface area contributed by atoms with Crippen molar-refractivity contribution < 1.29 is 9.15 Å².